The van der Waals surface area contributed by atoms with Crippen molar-refractivity contribution in [3.05, 3.63) is 29.8 Å². The summed E-state index contributed by atoms with van der Waals surface area (Å²) in [5.41, 5.74) is 7.30. The van der Waals surface area contributed by atoms with Crippen LogP contribution in [0, 0.1) is 5.92 Å². The van der Waals surface area contributed by atoms with Crippen molar-refractivity contribution in [2.75, 3.05) is 18.0 Å². The van der Waals surface area contributed by atoms with Crippen molar-refractivity contribution >= 4 is 17.3 Å². The molecule has 1 aromatic rings. The summed E-state index contributed by atoms with van der Waals surface area (Å²) in [6, 6.07) is 8.15. The average Bonchev–Trinajstić information content (AvgIpc) is 2.83. The van der Waals surface area contributed by atoms with Crippen LogP contribution in [0.3, 0.4) is 0 Å². The molecule has 0 fully saturated rings. The fourth-order valence-corrected chi connectivity index (χ4v) is 4.29. The number of para-hydroxylation sites is 1. The number of quaternary nitrogens is 1. The number of aliphatic imine (C=N–C) groups is 1. The standard InChI is InChI=1S/C26H43N3O.ClH/c1-4-5-6-7-8-9-14-19-29-25-17-11-10-15-22(25)23(16-12-13-18-27)28-24(26(29)30)20-21(2)3;/h10-11,15,17,21,24H,4-9,12-14,16,18-20,27H2,1-3H3;1H. The summed E-state index contributed by atoms with van der Waals surface area (Å²) in [7, 11) is 0. The van der Waals surface area contributed by atoms with E-state index in [1.807, 2.05) is 4.90 Å². The molecule has 0 spiro atoms. The van der Waals surface area contributed by atoms with E-state index in [2.05, 4.69) is 50.8 Å². The normalized spacial score (nSPS) is 16.0. The summed E-state index contributed by atoms with van der Waals surface area (Å²) in [6.45, 7) is 8.38. The van der Waals surface area contributed by atoms with Crippen LogP contribution < -0.4 is 23.0 Å². The van der Waals surface area contributed by atoms with E-state index in [-0.39, 0.29) is 24.4 Å². The number of anilines is 1. The summed E-state index contributed by atoms with van der Waals surface area (Å²) in [4.78, 5) is 20.6. The van der Waals surface area contributed by atoms with Crippen molar-refractivity contribution in [2.45, 2.75) is 97.4 Å². The first-order chi connectivity index (χ1) is 14.6. The van der Waals surface area contributed by atoms with Crippen LogP contribution in [0.4, 0.5) is 5.69 Å². The Kier molecular flexibility index (Phi) is 13.7. The maximum absolute atomic E-state index is 13.5. The van der Waals surface area contributed by atoms with Crippen molar-refractivity contribution in [3.8, 4) is 0 Å². The molecule has 4 nitrogen and oxygen atoms in total. The zero-order valence-electron chi connectivity index (χ0n) is 20.0. The Balaban J connectivity index is 0.00000480. The van der Waals surface area contributed by atoms with Crippen LogP contribution in [0.2, 0.25) is 0 Å². The lowest BCUT2D eigenvalue weighted by Crippen LogP contribution is -3.00. The first-order valence-corrected chi connectivity index (χ1v) is 12.3. The highest BCUT2D eigenvalue weighted by molar-refractivity contribution is 6.12. The average molecular weight is 450 g/mol. The van der Waals surface area contributed by atoms with Gasteiger partial charge in [-0.25, -0.2) is 0 Å². The van der Waals surface area contributed by atoms with Crippen molar-refractivity contribution in [2.24, 2.45) is 10.9 Å². The smallest absolute Gasteiger partial charge is 0.251 e. The molecular weight excluding hydrogens is 406 g/mol. The third-order valence-electron chi connectivity index (χ3n) is 5.96. The molecule has 0 aliphatic carbocycles. The van der Waals surface area contributed by atoms with Crippen molar-refractivity contribution in [3.63, 3.8) is 0 Å². The number of benzene rings is 1. The predicted octanol–water partition coefficient (Wildman–Crippen LogP) is 2.40. The van der Waals surface area contributed by atoms with Crippen molar-refractivity contribution in [1.82, 2.24) is 0 Å². The van der Waals surface area contributed by atoms with Crippen molar-refractivity contribution in [1.29, 1.82) is 0 Å². The Hall–Kier alpha value is -1.39. The molecule has 0 saturated carbocycles. The van der Waals surface area contributed by atoms with Crippen LogP contribution in [-0.2, 0) is 4.79 Å². The molecule has 1 aliphatic rings. The summed E-state index contributed by atoms with van der Waals surface area (Å²) in [5.74, 6) is 0.639. The van der Waals surface area contributed by atoms with Gasteiger partial charge in [-0.2, -0.15) is 0 Å². The van der Waals surface area contributed by atoms with Gasteiger partial charge in [0.25, 0.3) is 5.91 Å². The number of fused-ring (bicyclic) bond motifs is 1. The van der Waals surface area contributed by atoms with Gasteiger partial charge in [0.2, 0.25) is 0 Å². The largest absolute Gasteiger partial charge is 1.00 e. The Labute approximate surface area is 196 Å². The third kappa shape index (κ3) is 8.94. The molecule has 0 saturated heterocycles. The number of rotatable bonds is 14. The minimum Gasteiger partial charge on any atom is -1.00 e. The number of benzodiazepines with no additional fused rings is 1. The van der Waals surface area contributed by atoms with Gasteiger partial charge >= 0.3 is 0 Å². The predicted molar refractivity (Wildman–Crippen MR) is 128 cm³/mol. The molecule has 1 atom stereocenters. The zero-order chi connectivity index (χ0) is 21.8. The molecule has 176 valence electrons. The van der Waals surface area contributed by atoms with Crippen LogP contribution in [0.25, 0.3) is 0 Å². The molecule has 1 heterocycles. The molecule has 31 heavy (non-hydrogen) atoms. The number of carbonyl (C=O) groups is 1. The lowest BCUT2D eigenvalue weighted by Gasteiger charge is -2.26. The molecule has 1 aromatic carbocycles. The monoisotopic (exact) mass is 449 g/mol. The van der Waals surface area contributed by atoms with Gasteiger partial charge in [-0.15, -0.1) is 0 Å². The third-order valence-corrected chi connectivity index (χ3v) is 5.96. The minimum absolute atomic E-state index is 0. The molecule has 3 N–H and O–H groups in total. The van der Waals surface area contributed by atoms with E-state index in [1.54, 1.807) is 0 Å². The highest BCUT2D eigenvalue weighted by Gasteiger charge is 2.31. The van der Waals surface area contributed by atoms with Crippen LogP contribution in [-0.4, -0.2) is 30.8 Å². The molecule has 0 bridgehead atoms. The number of nitrogens with zero attached hydrogens (tertiary/aromatic N) is 2. The summed E-state index contributed by atoms with van der Waals surface area (Å²) in [6.07, 6.45) is 12.7. The molecule has 1 unspecified atom stereocenters. The number of unbranched alkanes of at least 4 members (excludes halogenated alkanes) is 7. The Morgan fingerprint density at radius 1 is 1.00 bits per heavy atom. The molecule has 5 heteroatoms. The van der Waals surface area contributed by atoms with E-state index in [9.17, 15) is 4.79 Å². The van der Waals surface area contributed by atoms with Gasteiger partial charge in [-0.05, 0) is 44.1 Å². The fourth-order valence-electron chi connectivity index (χ4n) is 4.29. The zero-order valence-corrected chi connectivity index (χ0v) is 20.8. The first-order valence-electron chi connectivity index (χ1n) is 12.3. The second kappa shape index (κ2) is 15.4. The van der Waals surface area contributed by atoms with E-state index in [1.165, 1.54) is 38.5 Å². The van der Waals surface area contributed by atoms with Crippen LogP contribution >= 0.6 is 0 Å². The van der Waals surface area contributed by atoms with Gasteiger partial charge in [0.1, 0.15) is 6.04 Å². The van der Waals surface area contributed by atoms with Gasteiger partial charge in [-0.1, -0.05) is 77.5 Å². The second-order valence-electron chi connectivity index (χ2n) is 9.16. The molecule has 0 radical (unpaired) electrons. The lowest BCUT2D eigenvalue weighted by atomic mass is 10.0. The number of hydrogen-bond donors (Lipinski definition) is 1. The van der Waals surface area contributed by atoms with Gasteiger partial charge in [0.15, 0.2) is 0 Å². The number of carbonyl (C=O) groups excluding carboxylic acids is 1. The maximum Gasteiger partial charge on any atom is 0.251 e. The second-order valence-corrected chi connectivity index (χ2v) is 9.16. The molecule has 1 aliphatic heterocycles. The Morgan fingerprint density at radius 2 is 1.68 bits per heavy atom. The highest BCUT2D eigenvalue weighted by Crippen LogP contribution is 2.30. The van der Waals surface area contributed by atoms with Gasteiger partial charge in [-0.3, -0.25) is 9.79 Å². The SMILES string of the molecule is CCCCCCCCCN1C(=O)C(CC(C)C)N=C(CCCC[NH3+])c2ccccc21.[Cl-]. The molecule has 2 rings (SSSR count). The van der Waals surface area contributed by atoms with E-state index < -0.39 is 0 Å². The lowest BCUT2D eigenvalue weighted by molar-refractivity contribution is -0.368. The summed E-state index contributed by atoms with van der Waals surface area (Å²) in [5, 5.41) is 0. The van der Waals surface area contributed by atoms with Crippen molar-refractivity contribution < 1.29 is 22.9 Å². The number of amides is 1. The highest BCUT2D eigenvalue weighted by atomic mass is 35.5. The number of halogens is 1. The molecule has 0 aromatic heterocycles. The van der Waals surface area contributed by atoms with Crippen LogP contribution in [0.1, 0.15) is 97.0 Å². The van der Waals surface area contributed by atoms with Gasteiger partial charge < -0.3 is 23.0 Å². The Bertz CT molecular complexity index is 674. The van der Waals surface area contributed by atoms with E-state index >= 15 is 0 Å². The molecular formula is C26H44ClN3O. The van der Waals surface area contributed by atoms with E-state index in [0.717, 1.165) is 62.2 Å². The Morgan fingerprint density at radius 3 is 2.35 bits per heavy atom. The van der Waals surface area contributed by atoms with Crippen LogP contribution in [0.5, 0.6) is 0 Å². The fraction of sp³-hybridized carbons (Fsp3) is 0.692. The van der Waals surface area contributed by atoms with Crippen LogP contribution in [0.15, 0.2) is 29.3 Å². The van der Waals surface area contributed by atoms with Gasteiger partial charge in [0, 0.05) is 17.8 Å². The summed E-state index contributed by atoms with van der Waals surface area (Å²) >= 11 is 0. The minimum atomic E-state index is -0.253. The quantitative estimate of drug-likeness (QED) is 0.435. The molecule has 1 amide bonds. The summed E-state index contributed by atoms with van der Waals surface area (Å²) < 4.78 is 0. The first kappa shape index (κ1) is 27.6. The maximum atomic E-state index is 13.5. The van der Waals surface area contributed by atoms with Gasteiger partial charge in [0.05, 0.1) is 12.2 Å². The topological polar surface area (TPSA) is 60.3 Å². The van der Waals surface area contributed by atoms with E-state index in [0.29, 0.717) is 5.92 Å². The van der Waals surface area contributed by atoms with E-state index in [4.69, 9.17) is 4.99 Å². The number of hydrogen-bond acceptors (Lipinski definition) is 2.